The van der Waals surface area contributed by atoms with Crippen LogP contribution in [0.3, 0.4) is 0 Å². The number of amides is 1. The maximum absolute atomic E-state index is 12.6. The van der Waals surface area contributed by atoms with Gasteiger partial charge in [-0.2, -0.15) is 13.2 Å². The maximum Gasteiger partial charge on any atom is 0.501 e. The van der Waals surface area contributed by atoms with Crippen molar-refractivity contribution in [2.75, 3.05) is 6.54 Å². The van der Waals surface area contributed by atoms with E-state index in [9.17, 15) is 26.4 Å². The van der Waals surface area contributed by atoms with Crippen LogP contribution < -0.4 is 5.73 Å². The van der Waals surface area contributed by atoms with Gasteiger partial charge in [-0.05, 0) is 50.5 Å². The largest absolute Gasteiger partial charge is 0.501 e. The van der Waals surface area contributed by atoms with Gasteiger partial charge >= 0.3 is 5.51 Å². The lowest BCUT2D eigenvalue weighted by molar-refractivity contribution is -0.0436. The quantitative estimate of drug-likeness (QED) is 0.893. The predicted molar refractivity (Wildman–Crippen MR) is 82.0 cm³/mol. The van der Waals surface area contributed by atoms with E-state index in [1.807, 2.05) is 0 Å². The smallest absolute Gasteiger partial charge is 0.334 e. The molecule has 5 nitrogen and oxygen atoms in total. The molecule has 134 valence electrons. The van der Waals surface area contributed by atoms with E-state index >= 15 is 0 Å². The van der Waals surface area contributed by atoms with Crippen molar-refractivity contribution in [2.45, 2.75) is 48.7 Å². The van der Waals surface area contributed by atoms with Gasteiger partial charge in [-0.1, -0.05) is 0 Å². The Morgan fingerprint density at radius 1 is 1.25 bits per heavy atom. The number of nitrogens with two attached hydrogens (primary N) is 1. The highest BCUT2D eigenvalue weighted by Crippen LogP contribution is 2.30. The zero-order valence-electron chi connectivity index (χ0n) is 13.1. The van der Waals surface area contributed by atoms with Crippen LogP contribution >= 0.6 is 0 Å². The number of likely N-dealkylation sites (tertiary alicyclic amines) is 1. The minimum absolute atomic E-state index is 0.134. The van der Waals surface area contributed by atoms with Crippen LogP contribution in [0.1, 0.15) is 36.5 Å². The summed E-state index contributed by atoms with van der Waals surface area (Å²) in [7, 11) is -5.41. The number of rotatable bonds is 3. The summed E-state index contributed by atoms with van der Waals surface area (Å²) in [6.07, 6.45) is 2.55. The van der Waals surface area contributed by atoms with Gasteiger partial charge in [0, 0.05) is 24.2 Å². The van der Waals surface area contributed by atoms with E-state index in [0.29, 0.717) is 6.54 Å². The van der Waals surface area contributed by atoms with E-state index in [4.69, 9.17) is 5.73 Å². The standard InChI is InChI=1S/C15H19F3N2O3S/c1-10(19)13-4-2-3-9-20(13)14(21)11-5-7-12(8-6-11)24(22,23)15(16,17)18/h5-8,10,13H,2-4,9,19H2,1H3/t10-,13-/m1/s1. The lowest BCUT2D eigenvalue weighted by Gasteiger charge is -2.38. The third-order valence-corrected chi connectivity index (χ3v) is 5.64. The van der Waals surface area contributed by atoms with Crippen molar-refractivity contribution in [2.24, 2.45) is 5.73 Å². The summed E-state index contributed by atoms with van der Waals surface area (Å²) >= 11 is 0. The van der Waals surface area contributed by atoms with Gasteiger partial charge in [0.15, 0.2) is 0 Å². The molecule has 0 aliphatic carbocycles. The Kier molecular flexibility index (Phi) is 5.24. The van der Waals surface area contributed by atoms with Gasteiger partial charge in [0.05, 0.1) is 4.90 Å². The highest BCUT2D eigenvalue weighted by Gasteiger charge is 2.46. The first-order valence-electron chi connectivity index (χ1n) is 7.53. The first kappa shape index (κ1) is 18.7. The molecule has 1 fully saturated rings. The summed E-state index contributed by atoms with van der Waals surface area (Å²) in [6, 6.07) is 3.47. The normalized spacial score (nSPS) is 20.7. The van der Waals surface area contributed by atoms with Crippen LogP contribution in [0.2, 0.25) is 0 Å². The summed E-state index contributed by atoms with van der Waals surface area (Å²) in [5, 5.41) is 0. The van der Waals surface area contributed by atoms with Crippen LogP contribution in [0.5, 0.6) is 0 Å². The second-order valence-electron chi connectivity index (χ2n) is 5.89. The molecule has 0 saturated carbocycles. The van der Waals surface area contributed by atoms with E-state index in [0.717, 1.165) is 43.5 Å². The van der Waals surface area contributed by atoms with Gasteiger partial charge < -0.3 is 10.6 Å². The fraction of sp³-hybridized carbons (Fsp3) is 0.533. The van der Waals surface area contributed by atoms with Crippen LogP contribution in [-0.4, -0.2) is 43.4 Å². The fourth-order valence-corrected chi connectivity index (χ4v) is 3.59. The molecule has 1 aliphatic rings. The van der Waals surface area contributed by atoms with Gasteiger partial charge in [-0.25, -0.2) is 8.42 Å². The molecule has 0 unspecified atom stereocenters. The highest BCUT2D eigenvalue weighted by molar-refractivity contribution is 7.92. The summed E-state index contributed by atoms with van der Waals surface area (Å²) < 4.78 is 60.3. The third-order valence-electron chi connectivity index (χ3n) is 4.13. The van der Waals surface area contributed by atoms with Crippen molar-refractivity contribution in [3.8, 4) is 0 Å². The van der Waals surface area contributed by atoms with Crippen LogP contribution in [0, 0.1) is 0 Å². The lowest BCUT2D eigenvalue weighted by Crippen LogP contribution is -2.51. The Bertz CT molecular complexity index is 700. The number of hydrogen-bond acceptors (Lipinski definition) is 4. The van der Waals surface area contributed by atoms with E-state index in [-0.39, 0.29) is 23.6 Å². The minimum atomic E-state index is -5.41. The first-order chi connectivity index (χ1) is 11.1. The average Bonchev–Trinajstić information content (AvgIpc) is 2.53. The van der Waals surface area contributed by atoms with E-state index in [1.165, 1.54) is 0 Å². The summed E-state index contributed by atoms with van der Waals surface area (Å²) in [5.74, 6) is -0.354. The molecule has 0 spiro atoms. The van der Waals surface area contributed by atoms with Crippen molar-refractivity contribution >= 4 is 15.7 Å². The molecule has 1 saturated heterocycles. The Hall–Kier alpha value is -1.61. The fourth-order valence-electron chi connectivity index (χ4n) is 2.83. The second-order valence-corrected chi connectivity index (χ2v) is 7.84. The number of hydrogen-bond donors (Lipinski definition) is 1. The number of carbonyl (C=O) groups is 1. The van der Waals surface area contributed by atoms with Crippen LogP contribution in [0.15, 0.2) is 29.2 Å². The predicted octanol–water partition coefficient (Wildman–Crippen LogP) is 2.32. The van der Waals surface area contributed by atoms with Crippen molar-refractivity contribution in [3.63, 3.8) is 0 Å². The molecule has 9 heteroatoms. The zero-order chi connectivity index (χ0) is 18.1. The molecule has 0 aromatic heterocycles. The van der Waals surface area contributed by atoms with Gasteiger partial charge in [0.25, 0.3) is 15.7 Å². The molecule has 1 aromatic carbocycles. The number of alkyl halides is 3. The molecule has 2 rings (SSSR count). The van der Waals surface area contributed by atoms with Crippen LogP contribution in [0.4, 0.5) is 13.2 Å². The number of halogens is 3. The molecule has 24 heavy (non-hydrogen) atoms. The van der Waals surface area contributed by atoms with Gasteiger partial charge in [-0.3, -0.25) is 4.79 Å². The SMILES string of the molecule is C[C@@H](N)[C@H]1CCCCN1C(=O)c1ccc(S(=O)(=O)C(F)(F)F)cc1. The van der Waals surface area contributed by atoms with Gasteiger partial charge in [-0.15, -0.1) is 0 Å². The molecule has 0 radical (unpaired) electrons. The average molecular weight is 364 g/mol. The summed E-state index contributed by atoms with van der Waals surface area (Å²) in [4.78, 5) is 13.3. The number of carbonyl (C=O) groups excluding carboxylic acids is 1. The zero-order valence-corrected chi connectivity index (χ0v) is 13.9. The topological polar surface area (TPSA) is 80.5 Å². The Morgan fingerprint density at radius 2 is 1.83 bits per heavy atom. The van der Waals surface area contributed by atoms with Crippen molar-refractivity contribution in [1.82, 2.24) is 4.90 Å². The Labute approximate surface area is 138 Å². The third kappa shape index (κ3) is 3.56. The molecule has 1 aliphatic heterocycles. The van der Waals surface area contributed by atoms with Crippen molar-refractivity contribution in [3.05, 3.63) is 29.8 Å². The van der Waals surface area contributed by atoms with Crippen molar-refractivity contribution < 1.29 is 26.4 Å². The summed E-state index contributed by atoms with van der Waals surface area (Å²) in [6.45, 7) is 2.32. The van der Waals surface area contributed by atoms with E-state index < -0.39 is 20.2 Å². The molecule has 2 N–H and O–H groups in total. The Morgan fingerprint density at radius 3 is 2.33 bits per heavy atom. The molecular weight excluding hydrogens is 345 g/mol. The molecular formula is C15H19F3N2O3S. The lowest BCUT2D eigenvalue weighted by atomic mass is 9.96. The molecule has 1 aromatic rings. The number of benzene rings is 1. The molecule has 1 heterocycles. The Balaban J connectivity index is 2.26. The summed E-state index contributed by atoms with van der Waals surface area (Å²) in [5.41, 5.74) is 0.677. The number of sulfone groups is 1. The molecule has 0 bridgehead atoms. The number of nitrogens with zero attached hydrogens (tertiary/aromatic N) is 1. The van der Waals surface area contributed by atoms with E-state index in [1.54, 1.807) is 11.8 Å². The maximum atomic E-state index is 12.6. The van der Waals surface area contributed by atoms with Gasteiger partial charge in [0.2, 0.25) is 0 Å². The first-order valence-corrected chi connectivity index (χ1v) is 9.02. The monoisotopic (exact) mass is 364 g/mol. The van der Waals surface area contributed by atoms with Crippen LogP contribution in [0.25, 0.3) is 0 Å². The van der Waals surface area contributed by atoms with Gasteiger partial charge in [0.1, 0.15) is 0 Å². The van der Waals surface area contributed by atoms with Crippen LogP contribution in [-0.2, 0) is 9.84 Å². The van der Waals surface area contributed by atoms with Crippen molar-refractivity contribution in [1.29, 1.82) is 0 Å². The molecule has 2 atom stereocenters. The number of piperidine rings is 1. The molecule has 1 amide bonds. The second kappa shape index (κ2) is 6.72. The van der Waals surface area contributed by atoms with E-state index in [2.05, 4.69) is 0 Å². The minimum Gasteiger partial charge on any atom is -0.334 e. The highest BCUT2D eigenvalue weighted by atomic mass is 32.2.